The highest BCUT2D eigenvalue weighted by Gasteiger charge is 2.19. The van der Waals surface area contributed by atoms with Gasteiger partial charge in [0, 0.05) is 26.2 Å². The quantitative estimate of drug-likeness (QED) is 0.674. The van der Waals surface area contributed by atoms with Gasteiger partial charge in [-0.1, -0.05) is 11.3 Å². The summed E-state index contributed by atoms with van der Waals surface area (Å²) >= 11 is 1.24. The van der Waals surface area contributed by atoms with Crippen molar-refractivity contribution in [2.45, 2.75) is 0 Å². The molecule has 0 bridgehead atoms. The molecule has 1 aliphatic rings. The minimum Gasteiger partial charge on any atom is -0.375 e. The van der Waals surface area contributed by atoms with Crippen LogP contribution in [0.25, 0.3) is 0 Å². The first-order chi connectivity index (χ1) is 6.77. The molecule has 0 unspecified atom stereocenters. The number of aromatic nitrogens is 1. The largest absolute Gasteiger partial charge is 0.375 e. The number of nitrogen functional groups attached to an aromatic ring is 1. The number of nitrogens with zero attached hydrogens (tertiary/aromatic N) is 2. The topological polar surface area (TPSA) is 71.2 Å². The third kappa shape index (κ3) is 1.85. The fourth-order valence-electron chi connectivity index (χ4n) is 1.41. The summed E-state index contributed by atoms with van der Waals surface area (Å²) in [7, 11) is 0. The number of nitrogens with two attached hydrogens (primary N) is 1. The Morgan fingerprint density at radius 1 is 1.57 bits per heavy atom. The highest BCUT2D eigenvalue weighted by atomic mass is 32.1. The van der Waals surface area contributed by atoms with Crippen LogP contribution in [0.5, 0.6) is 0 Å². The van der Waals surface area contributed by atoms with Crippen LogP contribution in [0.2, 0.25) is 0 Å². The van der Waals surface area contributed by atoms with Crippen LogP contribution in [0.15, 0.2) is 6.20 Å². The molecule has 1 amide bonds. The van der Waals surface area contributed by atoms with E-state index in [0.717, 1.165) is 26.2 Å². The molecule has 1 aromatic heterocycles. The zero-order chi connectivity index (χ0) is 9.97. The molecule has 1 fully saturated rings. The molecule has 14 heavy (non-hydrogen) atoms. The van der Waals surface area contributed by atoms with Gasteiger partial charge in [0.05, 0.1) is 6.20 Å². The van der Waals surface area contributed by atoms with Gasteiger partial charge in [0.25, 0.3) is 5.91 Å². The second kappa shape index (κ2) is 3.93. The Bertz CT molecular complexity index is 332. The van der Waals surface area contributed by atoms with E-state index in [1.807, 2.05) is 4.90 Å². The number of thiazole rings is 1. The summed E-state index contributed by atoms with van der Waals surface area (Å²) in [6, 6.07) is 0. The molecular weight excluding hydrogens is 200 g/mol. The van der Waals surface area contributed by atoms with Crippen molar-refractivity contribution in [3.8, 4) is 0 Å². The van der Waals surface area contributed by atoms with Crippen molar-refractivity contribution in [2.75, 3.05) is 31.9 Å². The molecule has 5 nitrogen and oxygen atoms in total. The predicted octanol–water partition coefficient (Wildman–Crippen LogP) is -0.229. The van der Waals surface area contributed by atoms with Crippen molar-refractivity contribution >= 4 is 22.4 Å². The van der Waals surface area contributed by atoms with Crippen LogP contribution in [0.4, 0.5) is 5.13 Å². The maximum atomic E-state index is 11.8. The van der Waals surface area contributed by atoms with E-state index in [1.165, 1.54) is 11.3 Å². The SMILES string of the molecule is Nc1ncc(C(=O)N2CCNCC2)s1. The number of carbonyl (C=O) groups is 1. The monoisotopic (exact) mass is 212 g/mol. The second-order valence-electron chi connectivity index (χ2n) is 3.10. The van der Waals surface area contributed by atoms with Gasteiger partial charge in [0.2, 0.25) is 0 Å². The average Bonchev–Trinajstić information content (AvgIpc) is 2.65. The summed E-state index contributed by atoms with van der Waals surface area (Å²) in [5.74, 6) is 0.0423. The zero-order valence-corrected chi connectivity index (χ0v) is 8.51. The number of amides is 1. The molecule has 1 saturated heterocycles. The van der Waals surface area contributed by atoms with Crippen LogP contribution in [0.3, 0.4) is 0 Å². The van der Waals surface area contributed by atoms with Crippen LogP contribution < -0.4 is 11.1 Å². The molecule has 0 aromatic carbocycles. The fraction of sp³-hybridized carbons (Fsp3) is 0.500. The molecule has 2 heterocycles. The van der Waals surface area contributed by atoms with Crippen LogP contribution >= 0.6 is 11.3 Å². The third-order valence-corrected chi connectivity index (χ3v) is 2.95. The number of piperazine rings is 1. The van der Waals surface area contributed by atoms with Crippen molar-refractivity contribution < 1.29 is 4.79 Å². The standard InChI is InChI=1S/C8H12N4OS/c9-8-11-5-6(14-8)7(13)12-3-1-10-2-4-12/h5,10H,1-4H2,(H2,9,11). The maximum absolute atomic E-state index is 11.8. The lowest BCUT2D eigenvalue weighted by Crippen LogP contribution is -2.46. The first-order valence-electron chi connectivity index (χ1n) is 4.48. The van der Waals surface area contributed by atoms with Crippen molar-refractivity contribution in [1.29, 1.82) is 0 Å². The predicted molar refractivity (Wildman–Crippen MR) is 55.3 cm³/mol. The molecule has 3 N–H and O–H groups in total. The van der Waals surface area contributed by atoms with E-state index in [-0.39, 0.29) is 5.91 Å². The number of carbonyl (C=O) groups excluding carboxylic acids is 1. The number of nitrogens with one attached hydrogen (secondary N) is 1. The van der Waals surface area contributed by atoms with Crippen LogP contribution in [-0.4, -0.2) is 42.0 Å². The van der Waals surface area contributed by atoms with E-state index in [0.29, 0.717) is 10.0 Å². The zero-order valence-electron chi connectivity index (χ0n) is 7.69. The van der Waals surface area contributed by atoms with E-state index in [4.69, 9.17) is 5.73 Å². The summed E-state index contributed by atoms with van der Waals surface area (Å²) in [4.78, 5) is 18.1. The van der Waals surface area contributed by atoms with Gasteiger partial charge in [-0.3, -0.25) is 4.79 Å². The van der Waals surface area contributed by atoms with Crippen molar-refractivity contribution in [3.63, 3.8) is 0 Å². The average molecular weight is 212 g/mol. The Labute approximate surface area is 85.9 Å². The molecule has 1 aromatic rings. The Balaban J connectivity index is 2.07. The van der Waals surface area contributed by atoms with E-state index in [1.54, 1.807) is 6.20 Å². The first kappa shape index (κ1) is 9.42. The van der Waals surface area contributed by atoms with Crippen LogP contribution in [0, 0.1) is 0 Å². The Hall–Kier alpha value is -1.14. The Kier molecular flexibility index (Phi) is 2.64. The van der Waals surface area contributed by atoms with Crippen molar-refractivity contribution in [1.82, 2.24) is 15.2 Å². The van der Waals surface area contributed by atoms with Gasteiger partial charge in [-0.15, -0.1) is 0 Å². The highest BCUT2D eigenvalue weighted by Crippen LogP contribution is 2.16. The number of hydrogen-bond donors (Lipinski definition) is 2. The van der Waals surface area contributed by atoms with Gasteiger partial charge in [-0.2, -0.15) is 0 Å². The Morgan fingerprint density at radius 3 is 2.86 bits per heavy atom. The van der Waals surface area contributed by atoms with Gasteiger partial charge in [-0.05, 0) is 0 Å². The van der Waals surface area contributed by atoms with Gasteiger partial charge in [0.1, 0.15) is 4.88 Å². The molecule has 0 spiro atoms. The number of rotatable bonds is 1. The summed E-state index contributed by atoms with van der Waals surface area (Å²) in [6.45, 7) is 3.24. The normalized spacial score (nSPS) is 17.0. The molecule has 76 valence electrons. The van der Waals surface area contributed by atoms with Gasteiger partial charge >= 0.3 is 0 Å². The van der Waals surface area contributed by atoms with E-state index in [9.17, 15) is 4.79 Å². The molecular formula is C8H12N4OS. The maximum Gasteiger partial charge on any atom is 0.265 e. The van der Waals surface area contributed by atoms with E-state index >= 15 is 0 Å². The molecule has 0 aliphatic carbocycles. The minimum atomic E-state index is 0.0423. The summed E-state index contributed by atoms with van der Waals surface area (Å²) < 4.78 is 0. The van der Waals surface area contributed by atoms with Gasteiger partial charge in [-0.25, -0.2) is 4.98 Å². The number of hydrogen-bond acceptors (Lipinski definition) is 5. The lowest BCUT2D eigenvalue weighted by Gasteiger charge is -2.26. The lowest BCUT2D eigenvalue weighted by atomic mass is 10.3. The number of anilines is 1. The van der Waals surface area contributed by atoms with Crippen molar-refractivity contribution in [2.24, 2.45) is 0 Å². The summed E-state index contributed by atoms with van der Waals surface area (Å²) in [5, 5.41) is 3.64. The third-order valence-electron chi connectivity index (χ3n) is 2.14. The van der Waals surface area contributed by atoms with Crippen molar-refractivity contribution in [3.05, 3.63) is 11.1 Å². The molecule has 0 atom stereocenters. The molecule has 0 radical (unpaired) electrons. The molecule has 2 rings (SSSR count). The van der Waals surface area contributed by atoms with Gasteiger partial charge in [0.15, 0.2) is 5.13 Å². The van der Waals surface area contributed by atoms with E-state index < -0.39 is 0 Å². The lowest BCUT2D eigenvalue weighted by molar-refractivity contribution is 0.0740. The first-order valence-corrected chi connectivity index (χ1v) is 5.30. The molecule has 1 aliphatic heterocycles. The minimum absolute atomic E-state index is 0.0423. The van der Waals surface area contributed by atoms with Crippen LogP contribution in [-0.2, 0) is 0 Å². The summed E-state index contributed by atoms with van der Waals surface area (Å²) in [5.41, 5.74) is 5.47. The summed E-state index contributed by atoms with van der Waals surface area (Å²) in [6.07, 6.45) is 1.55. The molecule has 6 heteroatoms. The van der Waals surface area contributed by atoms with Crippen LogP contribution in [0.1, 0.15) is 9.67 Å². The van der Waals surface area contributed by atoms with E-state index in [2.05, 4.69) is 10.3 Å². The fourth-order valence-corrected chi connectivity index (χ4v) is 2.06. The van der Waals surface area contributed by atoms with Gasteiger partial charge < -0.3 is 16.0 Å². The highest BCUT2D eigenvalue weighted by molar-refractivity contribution is 7.17. The smallest absolute Gasteiger partial charge is 0.265 e. The second-order valence-corrected chi connectivity index (χ2v) is 4.17. The Morgan fingerprint density at radius 2 is 2.29 bits per heavy atom. The molecule has 0 saturated carbocycles.